The molecule has 2 aliphatic heterocycles. The van der Waals surface area contributed by atoms with Crippen LogP contribution in [0.5, 0.6) is 0 Å². The molecule has 3 atom stereocenters. The van der Waals surface area contributed by atoms with E-state index in [1.54, 1.807) is 31.2 Å². The predicted octanol–water partition coefficient (Wildman–Crippen LogP) is 3.70. The van der Waals surface area contributed by atoms with Gasteiger partial charge in [0.2, 0.25) is 11.8 Å². The summed E-state index contributed by atoms with van der Waals surface area (Å²) >= 11 is 14.0. The molecule has 2 aromatic rings. The molecule has 2 heterocycles. The summed E-state index contributed by atoms with van der Waals surface area (Å²) in [7, 11) is 0. The molecule has 0 aromatic heterocycles. The van der Waals surface area contributed by atoms with Gasteiger partial charge in [0, 0.05) is 16.4 Å². The summed E-state index contributed by atoms with van der Waals surface area (Å²) in [6.07, 6.45) is -0.348. The number of thiocarbonyl (C=S) groups is 1. The van der Waals surface area contributed by atoms with E-state index in [1.807, 2.05) is 17.0 Å². The van der Waals surface area contributed by atoms with Gasteiger partial charge in [0.15, 0.2) is 0 Å². The number of thioether (sulfide) groups is 2. The van der Waals surface area contributed by atoms with Crippen LogP contribution in [0.15, 0.2) is 42.5 Å². The van der Waals surface area contributed by atoms with E-state index in [0.717, 1.165) is 5.69 Å². The molecule has 0 spiro atoms. The molecule has 0 saturated carbocycles. The third-order valence-electron chi connectivity index (χ3n) is 4.78. The molecule has 0 aliphatic carbocycles. The van der Waals surface area contributed by atoms with E-state index in [9.17, 15) is 14.0 Å². The summed E-state index contributed by atoms with van der Waals surface area (Å²) in [6, 6.07) is 11.8. The minimum Gasteiger partial charge on any atom is -0.331 e. The topological polar surface area (TPSA) is 73.5 Å². The molecule has 2 amide bonds. The van der Waals surface area contributed by atoms with Crippen molar-refractivity contribution in [2.45, 2.75) is 23.8 Å². The number of carbonyl (C=O) groups is 2. The fraction of sp³-hybridized carbons (Fsp3) is 0.250. The number of benzene rings is 2. The Labute approximate surface area is 197 Å². The van der Waals surface area contributed by atoms with Crippen molar-refractivity contribution in [2.24, 2.45) is 0 Å². The summed E-state index contributed by atoms with van der Waals surface area (Å²) in [5.41, 5.74) is 1.25. The fourth-order valence-electron chi connectivity index (χ4n) is 3.23. The first-order valence-electron chi connectivity index (χ1n) is 9.31. The quantitative estimate of drug-likeness (QED) is 0.545. The highest BCUT2D eigenvalue weighted by Crippen LogP contribution is 2.37. The van der Waals surface area contributed by atoms with Gasteiger partial charge in [-0.05, 0) is 48.9 Å². The third-order valence-corrected chi connectivity index (χ3v) is 7.66. The zero-order chi connectivity index (χ0) is 22.1. The largest absolute Gasteiger partial charge is 0.331 e. The Morgan fingerprint density at radius 2 is 2.06 bits per heavy atom. The van der Waals surface area contributed by atoms with Crippen molar-refractivity contribution >= 4 is 74.9 Å². The van der Waals surface area contributed by atoms with E-state index < -0.39 is 10.7 Å². The van der Waals surface area contributed by atoms with Crippen LogP contribution < -0.4 is 20.9 Å². The van der Waals surface area contributed by atoms with Gasteiger partial charge in [-0.1, -0.05) is 41.6 Å². The first-order chi connectivity index (χ1) is 14.8. The Bertz CT molecular complexity index is 1040. The van der Waals surface area contributed by atoms with Crippen LogP contribution in [0.4, 0.5) is 15.8 Å². The van der Waals surface area contributed by atoms with Crippen molar-refractivity contribution in [1.82, 2.24) is 10.6 Å². The number of rotatable bonds is 5. The summed E-state index contributed by atoms with van der Waals surface area (Å²) in [6.45, 7) is 1.65. The number of anilines is 2. The van der Waals surface area contributed by atoms with Crippen molar-refractivity contribution < 1.29 is 14.0 Å². The maximum Gasteiger partial charge on any atom is 0.238 e. The Balaban J connectivity index is 1.39. The maximum atomic E-state index is 13.7. The van der Waals surface area contributed by atoms with Gasteiger partial charge in [-0.25, -0.2) is 4.39 Å². The van der Waals surface area contributed by atoms with Crippen LogP contribution in [0.25, 0.3) is 0 Å². The molecule has 2 fully saturated rings. The highest BCUT2D eigenvalue weighted by atomic mass is 35.5. The highest BCUT2D eigenvalue weighted by molar-refractivity contribution is 8.24. The van der Waals surface area contributed by atoms with E-state index in [4.69, 9.17) is 23.8 Å². The molecule has 0 bridgehead atoms. The average Bonchev–Trinajstić information content (AvgIpc) is 3.06. The molecule has 3 N–H and O–H groups in total. The van der Waals surface area contributed by atoms with E-state index in [2.05, 4.69) is 16.0 Å². The number of hydrogen-bond donors (Lipinski definition) is 3. The third kappa shape index (κ3) is 4.98. The van der Waals surface area contributed by atoms with Gasteiger partial charge in [0.05, 0.1) is 5.75 Å². The second-order valence-electron chi connectivity index (χ2n) is 6.97. The summed E-state index contributed by atoms with van der Waals surface area (Å²) in [5, 5.41) is 9.10. The van der Waals surface area contributed by atoms with Crippen LogP contribution >= 0.6 is 47.3 Å². The lowest BCUT2D eigenvalue weighted by Gasteiger charge is -2.36. The lowest BCUT2D eigenvalue weighted by molar-refractivity contribution is -0.122. The van der Waals surface area contributed by atoms with Gasteiger partial charge >= 0.3 is 0 Å². The van der Waals surface area contributed by atoms with Crippen LogP contribution in [0, 0.1) is 12.7 Å². The molecule has 2 aliphatic rings. The van der Waals surface area contributed by atoms with E-state index in [0.29, 0.717) is 20.6 Å². The van der Waals surface area contributed by atoms with Crippen molar-refractivity contribution in [3.8, 4) is 0 Å². The number of amides is 2. The Morgan fingerprint density at radius 3 is 2.77 bits per heavy atom. The predicted molar refractivity (Wildman–Crippen MR) is 129 cm³/mol. The zero-order valence-corrected chi connectivity index (χ0v) is 19.4. The van der Waals surface area contributed by atoms with Crippen molar-refractivity contribution in [2.75, 3.05) is 16.0 Å². The second kappa shape index (κ2) is 9.33. The lowest BCUT2D eigenvalue weighted by atomic mass is 10.2. The Morgan fingerprint density at radius 1 is 1.32 bits per heavy atom. The van der Waals surface area contributed by atoms with Gasteiger partial charge in [-0.3, -0.25) is 14.9 Å². The monoisotopic (exact) mass is 496 g/mol. The lowest BCUT2D eigenvalue weighted by Crippen LogP contribution is -2.64. The number of nitrogens with one attached hydrogen (secondary N) is 3. The van der Waals surface area contributed by atoms with E-state index in [1.165, 1.54) is 29.6 Å². The molecule has 4 rings (SSSR count). The van der Waals surface area contributed by atoms with Crippen LogP contribution in [0.3, 0.4) is 0 Å². The first-order valence-corrected chi connectivity index (χ1v) is 12.0. The SMILES string of the molecule is Cc1ccc(NC(=O)CSC2NC(=O)C3SC(=S)N(c4ccc(Cl)cc4)C3N2)cc1F. The summed E-state index contributed by atoms with van der Waals surface area (Å²) < 4.78 is 14.3. The first kappa shape index (κ1) is 22.3. The number of halogens is 2. The van der Waals surface area contributed by atoms with Crippen molar-refractivity contribution in [1.29, 1.82) is 0 Å². The standard InChI is InChI=1S/C20H18ClFN4O2S3/c1-10-2-5-12(8-14(10)22)23-15(27)9-30-19-24-17-16(18(28)25-19)31-20(29)26(17)13-6-3-11(21)4-7-13/h2-8,16-17,19,24H,9H2,1H3,(H,23,27)(H,25,28). The molecule has 6 nitrogen and oxygen atoms in total. The van der Waals surface area contributed by atoms with Crippen LogP contribution in [0.2, 0.25) is 5.02 Å². The van der Waals surface area contributed by atoms with Gasteiger partial charge in [-0.2, -0.15) is 0 Å². The molecule has 2 aromatic carbocycles. The summed E-state index contributed by atoms with van der Waals surface area (Å²) in [4.78, 5) is 26.8. The fourth-order valence-corrected chi connectivity index (χ4v) is 5.77. The molecule has 162 valence electrons. The number of hydrogen-bond acceptors (Lipinski definition) is 6. The maximum absolute atomic E-state index is 13.7. The van der Waals surface area contributed by atoms with Crippen molar-refractivity contribution in [3.05, 3.63) is 58.9 Å². The van der Waals surface area contributed by atoms with Crippen molar-refractivity contribution in [3.63, 3.8) is 0 Å². The molecule has 3 unspecified atom stereocenters. The van der Waals surface area contributed by atoms with Crippen LogP contribution in [-0.2, 0) is 9.59 Å². The molecule has 2 saturated heterocycles. The van der Waals surface area contributed by atoms with Gasteiger partial charge in [-0.15, -0.1) is 11.8 Å². The number of nitrogens with zero attached hydrogens (tertiary/aromatic N) is 1. The Hall–Kier alpha value is -1.85. The minimum atomic E-state index is -0.481. The smallest absolute Gasteiger partial charge is 0.238 e. The van der Waals surface area contributed by atoms with Gasteiger partial charge in [0.25, 0.3) is 0 Å². The van der Waals surface area contributed by atoms with E-state index in [-0.39, 0.29) is 29.6 Å². The highest BCUT2D eigenvalue weighted by Gasteiger charge is 2.47. The number of aryl methyl sites for hydroxylation is 1. The molecular weight excluding hydrogens is 479 g/mol. The van der Waals surface area contributed by atoms with Crippen LogP contribution in [0.1, 0.15) is 5.56 Å². The summed E-state index contributed by atoms with van der Waals surface area (Å²) in [5.74, 6) is -0.748. The molecule has 11 heteroatoms. The molecule has 0 radical (unpaired) electrons. The number of carbonyl (C=O) groups excluding carboxylic acids is 2. The average molecular weight is 497 g/mol. The molecular formula is C20H18ClFN4O2S3. The number of fused-ring (bicyclic) bond motifs is 1. The van der Waals surface area contributed by atoms with Crippen LogP contribution in [-0.4, -0.2) is 38.8 Å². The Kier molecular flexibility index (Phi) is 6.73. The normalized spacial score (nSPS) is 22.8. The second-order valence-corrected chi connectivity index (χ2v) is 10.3. The van der Waals surface area contributed by atoms with Gasteiger partial charge < -0.3 is 15.5 Å². The van der Waals surface area contributed by atoms with Gasteiger partial charge in [0.1, 0.15) is 27.1 Å². The zero-order valence-electron chi connectivity index (χ0n) is 16.2. The van der Waals surface area contributed by atoms with E-state index >= 15 is 0 Å². The minimum absolute atomic E-state index is 0.0728. The molecule has 31 heavy (non-hydrogen) atoms.